The van der Waals surface area contributed by atoms with Crippen LogP contribution in [0.3, 0.4) is 0 Å². The summed E-state index contributed by atoms with van der Waals surface area (Å²) in [6.07, 6.45) is 4.15. The van der Waals surface area contributed by atoms with Crippen LogP contribution < -0.4 is 5.32 Å². The van der Waals surface area contributed by atoms with Crippen LogP contribution in [0.4, 0.5) is 0 Å². The van der Waals surface area contributed by atoms with Gasteiger partial charge in [0.1, 0.15) is 0 Å². The third-order valence-electron chi connectivity index (χ3n) is 4.57. The zero-order chi connectivity index (χ0) is 12.3. The van der Waals surface area contributed by atoms with Gasteiger partial charge in [-0.25, -0.2) is 0 Å². The Morgan fingerprint density at radius 1 is 1.41 bits per heavy atom. The summed E-state index contributed by atoms with van der Waals surface area (Å²) in [7, 11) is 0. The summed E-state index contributed by atoms with van der Waals surface area (Å²) in [6, 6.07) is 0. The number of piperazine rings is 1. The van der Waals surface area contributed by atoms with Gasteiger partial charge in [0.15, 0.2) is 0 Å². The third-order valence-corrected chi connectivity index (χ3v) is 4.57. The quantitative estimate of drug-likeness (QED) is 0.812. The van der Waals surface area contributed by atoms with Crippen molar-refractivity contribution < 1.29 is 4.74 Å². The minimum Gasteiger partial charge on any atom is -0.378 e. The van der Waals surface area contributed by atoms with Gasteiger partial charge in [0.2, 0.25) is 0 Å². The molecule has 0 saturated carbocycles. The van der Waals surface area contributed by atoms with Gasteiger partial charge < -0.3 is 10.1 Å². The molecule has 2 heterocycles. The number of ether oxygens (including phenoxy) is 1. The molecule has 0 bridgehead atoms. The first-order chi connectivity index (χ1) is 8.17. The summed E-state index contributed by atoms with van der Waals surface area (Å²) in [5.41, 5.74) is 0.319. The highest BCUT2D eigenvalue weighted by Crippen LogP contribution is 2.25. The highest BCUT2D eigenvalue weighted by atomic mass is 16.5. The molecule has 3 unspecified atom stereocenters. The number of nitrogens with zero attached hydrogens (tertiary/aromatic N) is 1. The molecule has 2 aliphatic heterocycles. The predicted molar refractivity (Wildman–Crippen MR) is 71.3 cm³/mol. The Labute approximate surface area is 106 Å². The summed E-state index contributed by atoms with van der Waals surface area (Å²) < 4.78 is 5.79. The van der Waals surface area contributed by atoms with Gasteiger partial charge in [0.05, 0.1) is 6.10 Å². The van der Waals surface area contributed by atoms with Crippen LogP contribution in [0.15, 0.2) is 0 Å². The molecule has 0 aromatic heterocycles. The molecule has 3 atom stereocenters. The first-order valence-electron chi connectivity index (χ1n) is 7.26. The maximum absolute atomic E-state index is 5.79. The Kier molecular flexibility index (Phi) is 4.45. The molecule has 3 nitrogen and oxygen atoms in total. The second-order valence-electron chi connectivity index (χ2n) is 5.94. The van der Waals surface area contributed by atoms with Crippen molar-refractivity contribution in [2.24, 2.45) is 5.92 Å². The Morgan fingerprint density at radius 3 is 2.94 bits per heavy atom. The van der Waals surface area contributed by atoms with Crippen molar-refractivity contribution in [1.29, 1.82) is 0 Å². The molecule has 0 aromatic carbocycles. The maximum Gasteiger partial charge on any atom is 0.0613 e. The lowest BCUT2D eigenvalue weighted by atomic mass is 9.93. The number of rotatable bonds is 4. The lowest BCUT2D eigenvalue weighted by Crippen LogP contribution is -2.59. The van der Waals surface area contributed by atoms with Crippen LogP contribution in [0.1, 0.15) is 40.0 Å². The molecule has 100 valence electrons. The maximum atomic E-state index is 5.79. The van der Waals surface area contributed by atoms with Crippen LogP contribution >= 0.6 is 0 Å². The average molecular weight is 240 g/mol. The van der Waals surface area contributed by atoms with Gasteiger partial charge >= 0.3 is 0 Å². The van der Waals surface area contributed by atoms with Crippen molar-refractivity contribution in [3.05, 3.63) is 0 Å². The molecule has 0 aromatic rings. The van der Waals surface area contributed by atoms with Crippen LogP contribution in [0.5, 0.6) is 0 Å². The zero-order valence-electron chi connectivity index (χ0n) is 11.7. The predicted octanol–water partition coefficient (Wildman–Crippen LogP) is 1.88. The molecule has 0 amide bonds. The van der Waals surface area contributed by atoms with Gasteiger partial charge in [0, 0.05) is 38.3 Å². The largest absolute Gasteiger partial charge is 0.378 e. The van der Waals surface area contributed by atoms with Gasteiger partial charge in [-0.1, -0.05) is 13.8 Å². The van der Waals surface area contributed by atoms with E-state index in [9.17, 15) is 0 Å². The number of hydrogen-bond donors (Lipinski definition) is 1. The molecular weight excluding hydrogens is 212 g/mol. The monoisotopic (exact) mass is 240 g/mol. The Hall–Kier alpha value is -0.120. The van der Waals surface area contributed by atoms with Crippen molar-refractivity contribution in [2.45, 2.75) is 51.7 Å². The fourth-order valence-corrected chi connectivity index (χ4v) is 3.22. The molecule has 2 rings (SSSR count). The molecule has 1 N–H and O–H groups in total. The highest BCUT2D eigenvalue weighted by molar-refractivity contribution is 4.91. The van der Waals surface area contributed by atoms with Gasteiger partial charge in [-0.05, 0) is 32.1 Å². The topological polar surface area (TPSA) is 24.5 Å². The third kappa shape index (κ3) is 3.21. The molecule has 2 fully saturated rings. The highest BCUT2D eigenvalue weighted by Gasteiger charge is 2.33. The van der Waals surface area contributed by atoms with Crippen LogP contribution in [0.2, 0.25) is 0 Å². The van der Waals surface area contributed by atoms with Crippen LogP contribution in [0.25, 0.3) is 0 Å². The van der Waals surface area contributed by atoms with Crippen molar-refractivity contribution in [1.82, 2.24) is 10.2 Å². The summed E-state index contributed by atoms with van der Waals surface area (Å²) in [5, 5.41) is 3.65. The summed E-state index contributed by atoms with van der Waals surface area (Å²) >= 11 is 0. The van der Waals surface area contributed by atoms with Crippen molar-refractivity contribution in [3.8, 4) is 0 Å². The number of nitrogens with one attached hydrogen (secondary N) is 1. The lowest BCUT2D eigenvalue weighted by Gasteiger charge is -2.42. The lowest BCUT2D eigenvalue weighted by molar-refractivity contribution is 0.0624. The van der Waals surface area contributed by atoms with Crippen LogP contribution in [-0.4, -0.2) is 49.3 Å². The fourth-order valence-electron chi connectivity index (χ4n) is 3.22. The van der Waals surface area contributed by atoms with Crippen molar-refractivity contribution in [3.63, 3.8) is 0 Å². The van der Waals surface area contributed by atoms with E-state index in [0.29, 0.717) is 11.6 Å². The van der Waals surface area contributed by atoms with E-state index in [2.05, 4.69) is 31.0 Å². The van der Waals surface area contributed by atoms with Gasteiger partial charge in [-0.2, -0.15) is 0 Å². The standard InChI is InChI=1S/C14H28N2O/c1-4-13-12(6-9-17-13)10-16-8-7-15-14(3,5-2)11-16/h12-13,15H,4-11H2,1-3H3. The Bertz CT molecular complexity index is 246. The Balaban J connectivity index is 1.86. The Morgan fingerprint density at radius 2 is 2.24 bits per heavy atom. The molecule has 17 heavy (non-hydrogen) atoms. The number of hydrogen-bond acceptors (Lipinski definition) is 3. The van der Waals surface area contributed by atoms with E-state index in [-0.39, 0.29) is 0 Å². The van der Waals surface area contributed by atoms with E-state index in [1.807, 2.05) is 0 Å². The molecule has 2 aliphatic rings. The van der Waals surface area contributed by atoms with E-state index in [1.165, 1.54) is 38.9 Å². The first kappa shape index (κ1) is 13.3. The van der Waals surface area contributed by atoms with Gasteiger partial charge in [-0.15, -0.1) is 0 Å². The second kappa shape index (κ2) is 5.68. The van der Waals surface area contributed by atoms with Gasteiger partial charge in [0.25, 0.3) is 0 Å². The van der Waals surface area contributed by atoms with Crippen molar-refractivity contribution >= 4 is 0 Å². The molecule has 0 spiro atoms. The molecule has 0 aliphatic carbocycles. The summed E-state index contributed by atoms with van der Waals surface area (Å²) in [4.78, 5) is 2.64. The zero-order valence-corrected chi connectivity index (χ0v) is 11.7. The summed E-state index contributed by atoms with van der Waals surface area (Å²) in [6.45, 7) is 12.6. The minimum absolute atomic E-state index is 0.319. The minimum atomic E-state index is 0.319. The first-order valence-corrected chi connectivity index (χ1v) is 7.26. The van der Waals surface area contributed by atoms with Crippen LogP contribution in [-0.2, 0) is 4.74 Å². The second-order valence-corrected chi connectivity index (χ2v) is 5.94. The molecule has 0 radical (unpaired) electrons. The smallest absolute Gasteiger partial charge is 0.0613 e. The van der Waals surface area contributed by atoms with Gasteiger partial charge in [-0.3, -0.25) is 4.90 Å². The van der Waals surface area contributed by atoms with E-state index in [4.69, 9.17) is 4.74 Å². The normalized spacial score (nSPS) is 39.7. The molecule has 2 saturated heterocycles. The van der Waals surface area contributed by atoms with Crippen LogP contribution in [0, 0.1) is 5.92 Å². The SMILES string of the molecule is CCC1OCCC1CN1CCNC(C)(CC)C1. The summed E-state index contributed by atoms with van der Waals surface area (Å²) in [5.74, 6) is 0.763. The van der Waals surface area contributed by atoms with E-state index in [1.54, 1.807) is 0 Å². The molecular formula is C14H28N2O. The van der Waals surface area contributed by atoms with E-state index in [0.717, 1.165) is 19.1 Å². The van der Waals surface area contributed by atoms with E-state index >= 15 is 0 Å². The fraction of sp³-hybridized carbons (Fsp3) is 1.00. The van der Waals surface area contributed by atoms with Crippen molar-refractivity contribution in [2.75, 3.05) is 32.8 Å². The average Bonchev–Trinajstić information content (AvgIpc) is 2.76. The van der Waals surface area contributed by atoms with E-state index < -0.39 is 0 Å². The molecule has 3 heteroatoms.